The molecule has 0 atom stereocenters. The molecule has 5 aliphatic rings. The Morgan fingerprint density at radius 2 is 0.653 bits per heavy atom. The van der Waals surface area contributed by atoms with Crippen LogP contribution in [-0.4, -0.2) is 27.1 Å². The van der Waals surface area contributed by atoms with Crippen molar-refractivity contribution in [1.82, 2.24) is 13.7 Å². The van der Waals surface area contributed by atoms with E-state index in [1.165, 1.54) is 55.0 Å². The van der Waals surface area contributed by atoms with Gasteiger partial charge in [0.25, 0.3) is 13.4 Å². The molecule has 17 aromatic rings. The molecule has 444 valence electrons. The highest BCUT2D eigenvalue weighted by atomic mass is 79.9. The number of halogens is 1. The van der Waals surface area contributed by atoms with Gasteiger partial charge in [0.05, 0.1) is 33.1 Å². The smallest absolute Gasteiger partial charge is 0.260 e. The van der Waals surface area contributed by atoms with Gasteiger partial charge in [0.1, 0.15) is 34.5 Å². The molecule has 0 fully saturated rings. The first-order valence-electron chi connectivity index (χ1n) is 32.3. The van der Waals surface area contributed by atoms with E-state index in [1.54, 1.807) is 0 Å². The minimum atomic E-state index is 0.00898. The van der Waals surface area contributed by atoms with Crippen molar-refractivity contribution in [3.8, 4) is 74.2 Å². The minimum absolute atomic E-state index is 0.00898. The van der Waals surface area contributed by atoms with Gasteiger partial charge in [-0.2, -0.15) is 0 Å². The lowest BCUT2D eigenvalue weighted by atomic mass is 9.35. The van der Waals surface area contributed by atoms with Gasteiger partial charge in [-0.05, 0) is 148 Å². The number of para-hydroxylation sites is 8. The van der Waals surface area contributed by atoms with Crippen molar-refractivity contribution in [3.63, 3.8) is 0 Å². The summed E-state index contributed by atoms with van der Waals surface area (Å²) in [5.74, 6) is 7.02. The number of benzene rings is 14. The maximum atomic E-state index is 6.96. The van der Waals surface area contributed by atoms with Gasteiger partial charge in [-0.1, -0.05) is 222 Å². The van der Waals surface area contributed by atoms with Crippen LogP contribution < -0.4 is 51.7 Å². The molecular weight excluding hydrogens is 1230 g/mol. The van der Waals surface area contributed by atoms with Crippen LogP contribution in [0.15, 0.2) is 308 Å². The van der Waals surface area contributed by atoms with Crippen molar-refractivity contribution in [2.75, 3.05) is 0 Å². The van der Waals surface area contributed by atoms with Crippen LogP contribution in [0.5, 0.6) is 46.0 Å². The van der Waals surface area contributed by atoms with Crippen LogP contribution in [0.4, 0.5) is 0 Å². The highest BCUT2D eigenvalue weighted by Gasteiger charge is 2.44. The minimum Gasteiger partial charge on any atom is -0.458 e. The number of ether oxygens (including phenoxy) is 4. The Morgan fingerprint density at radius 1 is 0.274 bits per heavy atom. The summed E-state index contributed by atoms with van der Waals surface area (Å²) >= 11 is 3.69. The Hall–Kier alpha value is -11.7. The zero-order valence-electron chi connectivity index (χ0n) is 51.1. The van der Waals surface area contributed by atoms with Gasteiger partial charge >= 0.3 is 0 Å². The summed E-state index contributed by atoms with van der Waals surface area (Å²) in [6.45, 7) is 0.0583. The Balaban J connectivity index is 0.000000112. The summed E-state index contributed by atoms with van der Waals surface area (Å²) in [6.07, 6.45) is 1.10. The predicted molar refractivity (Wildman–Crippen MR) is 394 cm³/mol. The second-order valence-electron chi connectivity index (χ2n) is 25.0. The zero-order valence-corrected chi connectivity index (χ0v) is 52.7. The topological polar surface area (TPSA) is 51.7 Å². The molecule has 0 unspecified atom stereocenters. The van der Waals surface area contributed by atoms with E-state index < -0.39 is 0 Å². The van der Waals surface area contributed by atoms with Gasteiger partial charge < -0.3 is 32.6 Å². The third-order valence-electron chi connectivity index (χ3n) is 19.9. The van der Waals surface area contributed by atoms with Crippen LogP contribution in [0.1, 0.15) is 11.1 Å². The van der Waals surface area contributed by atoms with Crippen molar-refractivity contribution in [2.24, 2.45) is 0 Å². The Morgan fingerprint density at radius 3 is 1.14 bits per heavy atom. The highest BCUT2D eigenvalue weighted by Crippen LogP contribution is 2.48. The van der Waals surface area contributed by atoms with Crippen LogP contribution in [-0.2, 0) is 6.42 Å². The molecule has 0 saturated heterocycles. The molecule has 10 heteroatoms. The quantitative estimate of drug-likeness (QED) is 0.165. The Labute approximate surface area is 556 Å². The molecule has 95 heavy (non-hydrogen) atoms. The number of hydrogen-bond acceptors (Lipinski definition) is 4. The van der Waals surface area contributed by atoms with Crippen LogP contribution >= 0.6 is 15.9 Å². The first-order valence-corrected chi connectivity index (χ1v) is 33.1. The van der Waals surface area contributed by atoms with Crippen molar-refractivity contribution in [1.29, 1.82) is 0 Å². The standard InChI is InChI=1S/C42H25BN2O2.C30H17BBrNO2.C13H10/c1-2-12-26(13-3-1)45-36-24-27(44-34-18-8-4-14-28(34)29-15-5-9-19-35(29)44)22-23-30(36)31-25-39-40-42(41(31)45)47-38-21-11-7-17-33(38)43(40)32-16-6-10-20-37(32)46-39;32-18-14-15-20-21-17-27-28-30(29(21)33(24(20)16-18)19-8-2-1-3-9-19)35-26-13-7-5-11-23(26)31(28)22-10-4-6-12-25(22)34-27;1-3-7-12-10(5-1)9-11-6-2-4-8-13(11)12/h1-25H;1-17H;1-8H,9H2. The average Bonchev–Trinajstić information content (AvgIpc) is 1.68. The van der Waals surface area contributed by atoms with E-state index in [0.29, 0.717) is 0 Å². The van der Waals surface area contributed by atoms with E-state index in [0.717, 1.165) is 139 Å². The Bertz CT molecular complexity index is 5960. The predicted octanol–water partition coefficient (Wildman–Crippen LogP) is 18.1. The summed E-state index contributed by atoms with van der Waals surface area (Å²) < 4.78 is 35.1. The average molecular weight is 1280 g/mol. The first-order chi connectivity index (χ1) is 47.1. The maximum Gasteiger partial charge on any atom is 0.260 e. The fourth-order valence-electron chi connectivity index (χ4n) is 15.9. The lowest BCUT2D eigenvalue weighted by Gasteiger charge is -2.33. The molecule has 7 nitrogen and oxygen atoms in total. The number of nitrogens with zero attached hydrogens (tertiary/aromatic N) is 3. The molecule has 3 aromatic heterocycles. The molecule has 0 amide bonds. The largest absolute Gasteiger partial charge is 0.458 e. The van der Waals surface area contributed by atoms with Gasteiger partial charge in [0, 0.05) is 64.8 Å². The van der Waals surface area contributed by atoms with Gasteiger partial charge in [-0.15, -0.1) is 0 Å². The lowest BCUT2D eigenvalue weighted by molar-refractivity contribution is 0.467. The Kier molecular flexibility index (Phi) is 12.0. The van der Waals surface area contributed by atoms with Crippen LogP contribution in [0.25, 0.3) is 93.6 Å². The fourth-order valence-corrected chi connectivity index (χ4v) is 16.3. The zero-order chi connectivity index (χ0) is 62.4. The van der Waals surface area contributed by atoms with Crippen molar-refractivity contribution < 1.29 is 18.9 Å². The molecule has 1 aliphatic carbocycles. The second kappa shape index (κ2) is 21.2. The van der Waals surface area contributed by atoms with E-state index in [9.17, 15) is 0 Å². The third-order valence-corrected chi connectivity index (χ3v) is 20.4. The first kappa shape index (κ1) is 53.9. The normalized spacial score (nSPS) is 12.9. The molecule has 14 aromatic carbocycles. The SMILES string of the molecule is Brc1ccc2c3cc4c5c(c3n(-c3ccccc3)c2c1)Oc1ccccc1B5c1ccccc1O4.c1ccc(-n2c3cc(-n4c5ccccc5c5ccccc54)ccc3c3cc4c5c(c32)Oc2ccccc2B5c2ccccc2O4)cc1.c1ccc2c(c1)Cc1ccccc1-2. The molecule has 0 saturated carbocycles. The maximum absolute atomic E-state index is 6.96. The molecule has 7 heterocycles. The van der Waals surface area contributed by atoms with Crippen molar-refractivity contribution in [2.45, 2.75) is 6.42 Å². The van der Waals surface area contributed by atoms with Crippen molar-refractivity contribution >= 4 is 128 Å². The van der Waals surface area contributed by atoms with Crippen LogP contribution in [0, 0.1) is 0 Å². The van der Waals surface area contributed by atoms with Gasteiger partial charge in [0.15, 0.2) is 11.5 Å². The summed E-state index contributed by atoms with van der Waals surface area (Å²) in [6, 6.07) is 107. The van der Waals surface area contributed by atoms with Gasteiger partial charge in [-0.3, -0.25) is 0 Å². The molecule has 0 N–H and O–H groups in total. The number of rotatable bonds is 3. The molecule has 4 aliphatic heterocycles. The number of fused-ring (bicyclic) bond motifs is 22. The molecular formula is C85H52B2BrN3O4. The second-order valence-corrected chi connectivity index (χ2v) is 25.9. The van der Waals surface area contributed by atoms with E-state index in [1.807, 2.05) is 24.3 Å². The summed E-state index contributed by atoms with van der Waals surface area (Å²) in [5, 5.41) is 7.02. The number of aromatic nitrogens is 3. The molecule has 0 bridgehead atoms. The monoisotopic (exact) mass is 1280 g/mol. The summed E-state index contributed by atoms with van der Waals surface area (Å²) in [4.78, 5) is 0. The van der Waals surface area contributed by atoms with E-state index in [2.05, 4.69) is 309 Å². The summed E-state index contributed by atoms with van der Waals surface area (Å²) in [7, 11) is 0. The van der Waals surface area contributed by atoms with Crippen molar-refractivity contribution in [3.05, 3.63) is 319 Å². The third kappa shape index (κ3) is 8.20. The molecule has 0 radical (unpaired) electrons. The van der Waals surface area contributed by atoms with E-state index in [-0.39, 0.29) is 13.4 Å². The molecule has 0 spiro atoms. The summed E-state index contributed by atoms with van der Waals surface area (Å²) in [5.41, 5.74) is 22.6. The van der Waals surface area contributed by atoms with Crippen LogP contribution in [0.2, 0.25) is 0 Å². The van der Waals surface area contributed by atoms with E-state index >= 15 is 0 Å². The number of hydrogen-bond donors (Lipinski definition) is 0. The molecule has 22 rings (SSSR count). The van der Waals surface area contributed by atoms with Crippen LogP contribution in [0.3, 0.4) is 0 Å². The van der Waals surface area contributed by atoms with Gasteiger partial charge in [0.2, 0.25) is 0 Å². The fraction of sp³-hybridized carbons (Fsp3) is 0.0118. The lowest BCUT2D eigenvalue weighted by Crippen LogP contribution is -2.57. The van der Waals surface area contributed by atoms with E-state index in [4.69, 9.17) is 18.9 Å². The highest BCUT2D eigenvalue weighted by molar-refractivity contribution is 9.10. The van der Waals surface area contributed by atoms with Gasteiger partial charge in [-0.25, -0.2) is 0 Å².